The molecule has 4 rings (SSSR count). The van der Waals surface area contributed by atoms with Gasteiger partial charge in [0.1, 0.15) is 0 Å². The lowest BCUT2D eigenvalue weighted by atomic mass is 9.90. The van der Waals surface area contributed by atoms with Gasteiger partial charge in [-0.3, -0.25) is 9.80 Å². The van der Waals surface area contributed by atoms with Gasteiger partial charge in [-0.2, -0.15) is 0 Å². The van der Waals surface area contributed by atoms with Crippen LogP contribution in [0.15, 0.2) is 60.7 Å². The number of nitrogens with zero attached hydrogens (tertiary/aromatic N) is 3. The lowest BCUT2D eigenvalue weighted by molar-refractivity contribution is -0.0244. The van der Waals surface area contributed by atoms with Crippen molar-refractivity contribution in [1.29, 1.82) is 0 Å². The van der Waals surface area contributed by atoms with Crippen LogP contribution in [0.1, 0.15) is 42.9 Å². The fourth-order valence-electron chi connectivity index (χ4n) is 5.05. The summed E-state index contributed by atoms with van der Waals surface area (Å²) >= 11 is 0. The van der Waals surface area contributed by atoms with Gasteiger partial charge in [0.25, 0.3) is 0 Å². The van der Waals surface area contributed by atoms with Crippen LogP contribution in [0.4, 0.5) is 4.79 Å². The number of benzene rings is 2. The third-order valence-electron chi connectivity index (χ3n) is 6.75. The van der Waals surface area contributed by atoms with Crippen LogP contribution in [0, 0.1) is 0 Å². The molecule has 5 nitrogen and oxygen atoms in total. The molecule has 1 amide bonds. The van der Waals surface area contributed by atoms with Crippen LogP contribution in [0.3, 0.4) is 0 Å². The highest BCUT2D eigenvalue weighted by Crippen LogP contribution is 2.35. The minimum Gasteiger partial charge on any atom is -0.465 e. The maximum absolute atomic E-state index is 11.1. The number of piperidine rings is 1. The summed E-state index contributed by atoms with van der Waals surface area (Å²) in [7, 11) is 1.67. The van der Waals surface area contributed by atoms with E-state index >= 15 is 0 Å². The van der Waals surface area contributed by atoms with Crippen molar-refractivity contribution in [2.45, 2.75) is 43.8 Å². The average Bonchev–Trinajstić information content (AvgIpc) is 2.75. The molecule has 30 heavy (non-hydrogen) atoms. The highest BCUT2D eigenvalue weighted by Gasteiger charge is 2.40. The van der Waals surface area contributed by atoms with Gasteiger partial charge in [0.2, 0.25) is 0 Å². The van der Waals surface area contributed by atoms with E-state index in [9.17, 15) is 4.79 Å². The fourth-order valence-corrected chi connectivity index (χ4v) is 5.05. The van der Waals surface area contributed by atoms with Gasteiger partial charge in [-0.1, -0.05) is 67.1 Å². The summed E-state index contributed by atoms with van der Waals surface area (Å²) in [5, 5.41) is 9.16. The molecule has 0 bridgehead atoms. The maximum atomic E-state index is 11.1. The van der Waals surface area contributed by atoms with E-state index < -0.39 is 6.09 Å². The van der Waals surface area contributed by atoms with Crippen molar-refractivity contribution in [1.82, 2.24) is 14.7 Å². The first-order chi connectivity index (χ1) is 14.6. The maximum Gasteiger partial charge on any atom is 0.407 e. The molecule has 2 heterocycles. The van der Waals surface area contributed by atoms with E-state index in [4.69, 9.17) is 5.11 Å². The summed E-state index contributed by atoms with van der Waals surface area (Å²) in [6.07, 6.45) is 3.79. The summed E-state index contributed by atoms with van der Waals surface area (Å²) in [5.41, 5.74) is 2.70. The predicted molar refractivity (Wildman–Crippen MR) is 120 cm³/mol. The van der Waals surface area contributed by atoms with Crippen molar-refractivity contribution in [3.8, 4) is 0 Å². The van der Waals surface area contributed by atoms with Crippen LogP contribution in [0.5, 0.6) is 0 Å². The zero-order valence-electron chi connectivity index (χ0n) is 17.9. The Labute approximate surface area is 179 Å². The average molecular weight is 408 g/mol. The molecule has 2 saturated heterocycles. The highest BCUT2D eigenvalue weighted by atomic mass is 16.4. The van der Waals surface area contributed by atoms with Crippen LogP contribution in [0.2, 0.25) is 0 Å². The molecule has 2 aliphatic rings. The Morgan fingerprint density at radius 3 is 2.20 bits per heavy atom. The largest absolute Gasteiger partial charge is 0.465 e. The molecule has 0 aromatic heterocycles. The Bertz CT molecular complexity index is 768. The first-order valence-corrected chi connectivity index (χ1v) is 11.2. The molecule has 0 spiro atoms. The van der Waals surface area contributed by atoms with E-state index in [1.807, 2.05) is 0 Å². The molecule has 1 unspecified atom stereocenters. The Kier molecular flexibility index (Phi) is 6.70. The van der Waals surface area contributed by atoms with E-state index in [1.165, 1.54) is 35.3 Å². The van der Waals surface area contributed by atoms with Crippen molar-refractivity contribution < 1.29 is 9.90 Å². The van der Waals surface area contributed by atoms with Gasteiger partial charge in [-0.25, -0.2) is 4.79 Å². The molecule has 1 atom stereocenters. The molecular formula is C25H33N3O2. The van der Waals surface area contributed by atoms with Crippen molar-refractivity contribution in [2.75, 3.05) is 33.2 Å². The molecular weight excluding hydrogens is 374 g/mol. The Hall–Kier alpha value is -2.37. The third-order valence-corrected chi connectivity index (χ3v) is 6.75. The number of rotatable bonds is 7. The topological polar surface area (TPSA) is 47.0 Å². The van der Waals surface area contributed by atoms with Gasteiger partial charge >= 0.3 is 6.09 Å². The predicted octanol–water partition coefficient (Wildman–Crippen LogP) is 4.31. The van der Waals surface area contributed by atoms with Crippen LogP contribution in [-0.4, -0.2) is 71.2 Å². The monoisotopic (exact) mass is 407 g/mol. The highest BCUT2D eigenvalue weighted by molar-refractivity contribution is 5.64. The van der Waals surface area contributed by atoms with Crippen molar-refractivity contribution in [2.24, 2.45) is 0 Å². The Balaban J connectivity index is 1.43. The van der Waals surface area contributed by atoms with Crippen LogP contribution < -0.4 is 0 Å². The van der Waals surface area contributed by atoms with Gasteiger partial charge in [-0.05, 0) is 36.9 Å². The zero-order chi connectivity index (χ0) is 20.9. The Morgan fingerprint density at radius 1 is 1.03 bits per heavy atom. The molecule has 2 aromatic carbocycles. The van der Waals surface area contributed by atoms with Crippen molar-refractivity contribution in [3.63, 3.8) is 0 Å². The summed E-state index contributed by atoms with van der Waals surface area (Å²) in [4.78, 5) is 17.8. The molecule has 0 radical (unpaired) electrons. The molecule has 2 fully saturated rings. The van der Waals surface area contributed by atoms with Crippen LogP contribution in [0.25, 0.3) is 0 Å². The van der Waals surface area contributed by atoms with E-state index in [0.29, 0.717) is 24.7 Å². The lowest BCUT2D eigenvalue weighted by Gasteiger charge is -2.52. The molecule has 0 saturated carbocycles. The number of hydrogen-bond acceptors (Lipinski definition) is 3. The third kappa shape index (κ3) is 4.68. The molecule has 2 aliphatic heterocycles. The number of carbonyl (C=O) groups is 1. The molecule has 0 aliphatic carbocycles. The molecule has 160 valence electrons. The van der Waals surface area contributed by atoms with Gasteiger partial charge in [0.05, 0.1) is 6.04 Å². The van der Waals surface area contributed by atoms with E-state index in [1.54, 1.807) is 7.05 Å². The SMILES string of the molecule is CN(CCC1CCCCN1C1CN(C(c2ccccc2)c2ccccc2)C1)C(=O)O. The van der Waals surface area contributed by atoms with Gasteiger partial charge in [-0.15, -0.1) is 0 Å². The fraction of sp³-hybridized carbons (Fsp3) is 0.480. The number of carboxylic acid groups (broad SMARTS) is 1. The second-order valence-electron chi connectivity index (χ2n) is 8.71. The van der Waals surface area contributed by atoms with E-state index in [-0.39, 0.29) is 0 Å². The normalized spacial score (nSPS) is 20.8. The van der Waals surface area contributed by atoms with E-state index in [0.717, 1.165) is 26.1 Å². The zero-order valence-corrected chi connectivity index (χ0v) is 17.9. The van der Waals surface area contributed by atoms with Gasteiger partial charge < -0.3 is 10.0 Å². The van der Waals surface area contributed by atoms with Crippen molar-refractivity contribution in [3.05, 3.63) is 71.8 Å². The summed E-state index contributed by atoms with van der Waals surface area (Å²) in [6.45, 7) is 3.89. The molecule has 5 heteroatoms. The molecule has 2 aromatic rings. The minimum absolute atomic E-state index is 0.296. The number of hydrogen-bond donors (Lipinski definition) is 1. The summed E-state index contributed by atoms with van der Waals surface area (Å²) in [5.74, 6) is 0. The second-order valence-corrected chi connectivity index (χ2v) is 8.71. The minimum atomic E-state index is -0.833. The van der Waals surface area contributed by atoms with Crippen molar-refractivity contribution >= 4 is 6.09 Å². The lowest BCUT2D eigenvalue weighted by Crippen LogP contribution is -2.63. The number of amides is 1. The van der Waals surface area contributed by atoms with Gasteiger partial charge in [0, 0.05) is 38.8 Å². The van der Waals surface area contributed by atoms with Crippen LogP contribution >= 0.6 is 0 Å². The standard InChI is InChI=1S/C25H33N3O2/c1-26(25(29)30)17-15-22-14-8-9-16-28(22)23-18-27(19-23)24(20-10-4-2-5-11-20)21-12-6-3-7-13-21/h2-7,10-13,22-24H,8-9,14-19H2,1H3,(H,29,30). The van der Waals surface area contributed by atoms with E-state index in [2.05, 4.69) is 70.5 Å². The summed E-state index contributed by atoms with van der Waals surface area (Å²) < 4.78 is 0. The number of likely N-dealkylation sites (tertiary alicyclic amines) is 2. The Morgan fingerprint density at radius 2 is 1.63 bits per heavy atom. The first-order valence-electron chi connectivity index (χ1n) is 11.2. The van der Waals surface area contributed by atoms with Gasteiger partial charge in [0.15, 0.2) is 0 Å². The first kappa shape index (κ1) is 20.9. The second kappa shape index (κ2) is 9.63. The smallest absolute Gasteiger partial charge is 0.407 e. The summed E-state index contributed by atoms with van der Waals surface area (Å²) in [6, 6.07) is 23.0. The van der Waals surface area contributed by atoms with Crippen LogP contribution in [-0.2, 0) is 0 Å². The molecule has 1 N–H and O–H groups in total. The quantitative estimate of drug-likeness (QED) is 0.743.